The summed E-state index contributed by atoms with van der Waals surface area (Å²) in [4.78, 5) is 14.7. The molecule has 1 saturated heterocycles. The maximum atomic E-state index is 13.6. The van der Waals surface area contributed by atoms with E-state index in [9.17, 15) is 17.6 Å². The fourth-order valence-corrected chi connectivity index (χ4v) is 6.05. The highest BCUT2D eigenvalue weighted by Gasteiger charge is 2.47. The molecule has 2 aromatic heterocycles. The average Bonchev–Trinajstić information content (AvgIpc) is 3.41. The van der Waals surface area contributed by atoms with Gasteiger partial charge in [0.05, 0.1) is 29.6 Å². The normalized spacial score (nSPS) is 18.8. The first-order chi connectivity index (χ1) is 15.3. The SMILES string of the molecule is Cc1cc(CN2C(=O)CC3(CCN(S(=O)(=O)c4cccc(F)c4)CC3)n3nccc32)no1. The van der Waals surface area contributed by atoms with Crippen molar-refractivity contribution in [2.24, 2.45) is 0 Å². The van der Waals surface area contributed by atoms with Crippen molar-refractivity contribution in [1.82, 2.24) is 19.2 Å². The predicted molar refractivity (Wildman–Crippen MR) is 112 cm³/mol. The van der Waals surface area contributed by atoms with Crippen molar-refractivity contribution in [3.05, 3.63) is 59.9 Å². The lowest BCUT2D eigenvalue weighted by Gasteiger charge is -2.46. The number of fused-ring (bicyclic) bond motifs is 2. The van der Waals surface area contributed by atoms with Gasteiger partial charge in [-0.25, -0.2) is 17.5 Å². The Morgan fingerprint density at radius 3 is 2.66 bits per heavy atom. The van der Waals surface area contributed by atoms with Gasteiger partial charge in [0.1, 0.15) is 23.1 Å². The first-order valence-corrected chi connectivity index (χ1v) is 11.8. The van der Waals surface area contributed by atoms with Crippen LogP contribution in [-0.2, 0) is 26.9 Å². The summed E-state index contributed by atoms with van der Waals surface area (Å²) in [6.07, 6.45) is 2.72. The van der Waals surface area contributed by atoms with E-state index in [2.05, 4.69) is 10.3 Å². The number of carbonyl (C=O) groups excluding carboxylic acids is 1. The molecule has 5 rings (SSSR count). The second-order valence-corrected chi connectivity index (χ2v) is 10.2. The van der Waals surface area contributed by atoms with Crippen molar-refractivity contribution in [2.75, 3.05) is 18.0 Å². The first kappa shape index (κ1) is 20.8. The molecule has 0 aliphatic carbocycles. The van der Waals surface area contributed by atoms with Crippen LogP contribution in [-0.4, -0.2) is 46.7 Å². The van der Waals surface area contributed by atoms with Crippen LogP contribution in [0.4, 0.5) is 10.2 Å². The Balaban J connectivity index is 1.38. The van der Waals surface area contributed by atoms with Gasteiger partial charge in [0, 0.05) is 25.2 Å². The molecule has 1 fully saturated rings. The number of aromatic nitrogens is 3. The topological polar surface area (TPSA) is 102 Å². The molecule has 0 N–H and O–H groups in total. The predicted octanol–water partition coefficient (Wildman–Crippen LogP) is 2.44. The number of halogens is 1. The van der Waals surface area contributed by atoms with E-state index in [1.165, 1.54) is 22.5 Å². The van der Waals surface area contributed by atoms with Gasteiger partial charge >= 0.3 is 0 Å². The summed E-state index contributed by atoms with van der Waals surface area (Å²) in [5.41, 5.74) is 0.0516. The van der Waals surface area contributed by atoms with Gasteiger partial charge in [0.15, 0.2) is 0 Å². The Labute approximate surface area is 184 Å². The summed E-state index contributed by atoms with van der Waals surface area (Å²) in [5.74, 6) is 0.658. The molecule has 9 nitrogen and oxygen atoms in total. The molecule has 2 aliphatic rings. The van der Waals surface area contributed by atoms with Crippen LogP contribution in [0.2, 0.25) is 0 Å². The monoisotopic (exact) mass is 459 g/mol. The average molecular weight is 460 g/mol. The zero-order valence-corrected chi connectivity index (χ0v) is 18.3. The Bertz CT molecular complexity index is 1280. The van der Waals surface area contributed by atoms with Gasteiger partial charge in [-0.15, -0.1) is 0 Å². The van der Waals surface area contributed by atoms with E-state index < -0.39 is 21.4 Å². The van der Waals surface area contributed by atoms with Gasteiger partial charge in [-0.1, -0.05) is 11.2 Å². The van der Waals surface area contributed by atoms with Crippen molar-refractivity contribution in [2.45, 2.75) is 43.2 Å². The molecule has 0 radical (unpaired) electrons. The number of sulfonamides is 1. The van der Waals surface area contributed by atoms with E-state index in [0.717, 1.165) is 6.07 Å². The van der Waals surface area contributed by atoms with Crippen molar-refractivity contribution >= 4 is 21.7 Å². The van der Waals surface area contributed by atoms with Crippen LogP contribution >= 0.6 is 0 Å². The molecular weight excluding hydrogens is 437 g/mol. The molecule has 11 heteroatoms. The molecule has 0 unspecified atom stereocenters. The summed E-state index contributed by atoms with van der Waals surface area (Å²) < 4.78 is 47.8. The van der Waals surface area contributed by atoms with Crippen LogP contribution < -0.4 is 4.90 Å². The highest BCUT2D eigenvalue weighted by Crippen LogP contribution is 2.42. The molecule has 2 aliphatic heterocycles. The van der Waals surface area contributed by atoms with E-state index in [0.29, 0.717) is 30.1 Å². The van der Waals surface area contributed by atoms with E-state index >= 15 is 0 Å². The van der Waals surface area contributed by atoms with Crippen molar-refractivity contribution in [3.8, 4) is 0 Å². The molecular formula is C21H22FN5O4S. The molecule has 4 heterocycles. The minimum atomic E-state index is -3.82. The summed E-state index contributed by atoms with van der Waals surface area (Å²) in [6.45, 7) is 2.50. The molecule has 0 bridgehead atoms. The fourth-order valence-electron chi connectivity index (χ4n) is 4.58. The van der Waals surface area contributed by atoms with Crippen molar-refractivity contribution in [1.29, 1.82) is 0 Å². The Morgan fingerprint density at radius 2 is 1.97 bits per heavy atom. The fraction of sp³-hybridized carbons (Fsp3) is 0.381. The lowest BCUT2D eigenvalue weighted by Crippen LogP contribution is -2.54. The second-order valence-electron chi connectivity index (χ2n) is 8.27. The number of carbonyl (C=O) groups is 1. The third-order valence-corrected chi connectivity index (χ3v) is 8.11. The molecule has 1 spiro atoms. The second kappa shape index (κ2) is 7.52. The standard InChI is InChI=1S/C21H22FN5O4S/c1-15-11-17(24-31-15)14-26-19-5-8-23-27(19)21(13-20(26)28)6-9-25(10-7-21)32(29,30)18-4-2-3-16(22)12-18/h2-5,8,11-12H,6-7,9-10,13-14H2,1H3. The molecule has 168 valence electrons. The van der Waals surface area contributed by atoms with Gasteiger partial charge in [0.2, 0.25) is 15.9 Å². The lowest BCUT2D eigenvalue weighted by molar-refractivity contribution is -0.122. The minimum Gasteiger partial charge on any atom is -0.361 e. The number of amides is 1. The maximum Gasteiger partial charge on any atom is 0.243 e. The Kier molecular flexibility index (Phi) is 4.90. The first-order valence-electron chi connectivity index (χ1n) is 10.3. The van der Waals surface area contributed by atoms with Gasteiger partial charge in [-0.2, -0.15) is 9.40 Å². The number of hydrogen-bond donors (Lipinski definition) is 0. The van der Waals surface area contributed by atoms with Gasteiger partial charge in [0.25, 0.3) is 0 Å². The summed E-state index contributed by atoms with van der Waals surface area (Å²) in [7, 11) is -3.82. The number of benzene rings is 1. The van der Waals surface area contributed by atoms with Gasteiger partial charge < -0.3 is 4.52 Å². The van der Waals surface area contributed by atoms with Crippen LogP contribution in [0.15, 0.2) is 52.0 Å². The van der Waals surface area contributed by atoms with Gasteiger partial charge in [-0.05, 0) is 38.0 Å². The summed E-state index contributed by atoms with van der Waals surface area (Å²) in [6, 6.07) is 8.58. The molecule has 32 heavy (non-hydrogen) atoms. The Morgan fingerprint density at radius 1 is 1.19 bits per heavy atom. The number of piperidine rings is 1. The highest BCUT2D eigenvalue weighted by atomic mass is 32.2. The number of nitrogens with zero attached hydrogens (tertiary/aromatic N) is 5. The summed E-state index contributed by atoms with van der Waals surface area (Å²) >= 11 is 0. The van der Waals surface area contributed by atoms with E-state index in [1.54, 1.807) is 30.2 Å². The lowest BCUT2D eigenvalue weighted by atomic mass is 9.83. The van der Waals surface area contributed by atoms with Crippen LogP contribution in [0.5, 0.6) is 0 Å². The van der Waals surface area contributed by atoms with E-state index in [-0.39, 0.29) is 36.9 Å². The number of aryl methyl sites for hydroxylation is 1. The molecule has 1 aromatic carbocycles. The molecule has 1 amide bonds. The van der Waals surface area contributed by atoms with Crippen LogP contribution in [0.1, 0.15) is 30.7 Å². The summed E-state index contributed by atoms with van der Waals surface area (Å²) in [5, 5.41) is 8.46. The highest BCUT2D eigenvalue weighted by molar-refractivity contribution is 7.89. The quantitative estimate of drug-likeness (QED) is 0.594. The van der Waals surface area contributed by atoms with E-state index in [4.69, 9.17) is 4.52 Å². The van der Waals surface area contributed by atoms with Gasteiger partial charge in [-0.3, -0.25) is 9.69 Å². The van der Waals surface area contributed by atoms with Crippen LogP contribution in [0.3, 0.4) is 0 Å². The number of hydrogen-bond acceptors (Lipinski definition) is 6. The van der Waals surface area contributed by atoms with E-state index in [1.807, 2.05) is 4.68 Å². The zero-order valence-electron chi connectivity index (χ0n) is 17.4. The molecule has 0 atom stereocenters. The smallest absolute Gasteiger partial charge is 0.243 e. The maximum absolute atomic E-state index is 13.6. The van der Waals surface area contributed by atoms with Crippen LogP contribution in [0, 0.1) is 12.7 Å². The molecule has 3 aromatic rings. The van der Waals surface area contributed by atoms with Crippen molar-refractivity contribution in [3.63, 3.8) is 0 Å². The number of anilines is 1. The van der Waals surface area contributed by atoms with Crippen LogP contribution in [0.25, 0.3) is 0 Å². The van der Waals surface area contributed by atoms with Crippen molar-refractivity contribution < 1.29 is 22.1 Å². The Hall–Kier alpha value is -3.05. The minimum absolute atomic E-state index is 0.0676. The third kappa shape index (κ3) is 3.41. The largest absolute Gasteiger partial charge is 0.361 e. The zero-order chi connectivity index (χ0) is 22.5. The number of rotatable bonds is 4. The third-order valence-electron chi connectivity index (χ3n) is 6.21. The molecule has 0 saturated carbocycles.